The first-order valence-corrected chi connectivity index (χ1v) is 20.8. The van der Waals surface area contributed by atoms with E-state index >= 15 is 0 Å². The second-order valence-corrected chi connectivity index (χ2v) is 16.7. The van der Waals surface area contributed by atoms with Gasteiger partial charge in [0.05, 0.1) is 11.1 Å². The summed E-state index contributed by atoms with van der Waals surface area (Å²) in [5.74, 6) is 0. The number of nitrogens with zero attached hydrogens (tertiary/aromatic N) is 1. The summed E-state index contributed by atoms with van der Waals surface area (Å²) >= 11 is 0. The Kier molecular flexibility index (Phi) is 7.26. The Balaban J connectivity index is 1.17. The summed E-state index contributed by atoms with van der Waals surface area (Å²) in [7, 11) is 0. The minimum Gasteiger partial charge on any atom is -0.310 e. The normalized spacial score (nSPS) is 13.1. The molecule has 0 N–H and O–H groups in total. The first-order chi connectivity index (χ1) is 29.0. The average molecular weight is 752 g/mol. The van der Waals surface area contributed by atoms with Gasteiger partial charge >= 0.3 is 0 Å². The van der Waals surface area contributed by atoms with Crippen molar-refractivity contribution in [1.29, 1.82) is 0 Å². The highest BCUT2D eigenvalue weighted by molar-refractivity contribution is 6.26. The van der Waals surface area contributed by atoms with Crippen LogP contribution in [0.2, 0.25) is 0 Å². The van der Waals surface area contributed by atoms with E-state index in [1.54, 1.807) is 0 Å². The standard InChI is InChI=1S/C58H41N/c1-36-20-28-48-49-29-21-37(2)33-54(49)58(53(48)32-36)52-18-11-19-56(57(52)50-30-22-38(3)34-55(50)58)59(41-25-23-40(24-26-41)39-12-5-4-6-13-39)42-27-31-47-45-16-8-7-14-43(45)44-15-9-10-17-46(44)51(47)35-42/h4-35H,1-3H3. The van der Waals surface area contributed by atoms with Crippen molar-refractivity contribution in [2.24, 2.45) is 0 Å². The predicted molar refractivity (Wildman–Crippen MR) is 250 cm³/mol. The van der Waals surface area contributed by atoms with Crippen LogP contribution in [0.3, 0.4) is 0 Å². The van der Waals surface area contributed by atoms with Crippen molar-refractivity contribution < 1.29 is 0 Å². The Hall–Kier alpha value is -7.22. The summed E-state index contributed by atoms with van der Waals surface area (Å²) in [5, 5.41) is 7.64. The molecule has 0 atom stereocenters. The fourth-order valence-electron chi connectivity index (χ4n) is 10.7. The first kappa shape index (κ1) is 33.9. The predicted octanol–water partition coefficient (Wildman–Crippen LogP) is 15.6. The maximum atomic E-state index is 2.52. The molecule has 12 rings (SSSR count). The van der Waals surface area contributed by atoms with Gasteiger partial charge in [0.1, 0.15) is 0 Å². The van der Waals surface area contributed by atoms with Crippen molar-refractivity contribution in [1.82, 2.24) is 0 Å². The van der Waals surface area contributed by atoms with Gasteiger partial charge in [-0.25, -0.2) is 0 Å². The minimum atomic E-state index is -0.448. The number of aryl methyl sites for hydroxylation is 3. The van der Waals surface area contributed by atoms with Crippen molar-refractivity contribution in [2.45, 2.75) is 26.2 Å². The van der Waals surface area contributed by atoms with Gasteiger partial charge < -0.3 is 4.90 Å². The molecule has 0 amide bonds. The van der Waals surface area contributed by atoms with Gasteiger partial charge in [0.15, 0.2) is 0 Å². The molecule has 1 spiro atoms. The minimum absolute atomic E-state index is 0.448. The highest BCUT2D eigenvalue weighted by Crippen LogP contribution is 2.65. The molecule has 2 aliphatic rings. The molecular formula is C58H41N. The SMILES string of the molecule is Cc1ccc2c(c1)C1(c3cc(C)ccc3-2)c2cc(C)ccc2-c2c(N(c3ccc(-c4ccccc4)cc3)c3ccc4c5ccccc5c5ccccc5c4c3)cccc21. The van der Waals surface area contributed by atoms with Gasteiger partial charge in [-0.15, -0.1) is 0 Å². The molecule has 0 aliphatic heterocycles. The van der Waals surface area contributed by atoms with Crippen molar-refractivity contribution in [3.8, 4) is 33.4 Å². The van der Waals surface area contributed by atoms with Crippen molar-refractivity contribution in [3.63, 3.8) is 0 Å². The lowest BCUT2D eigenvalue weighted by molar-refractivity contribution is 0.790. The lowest BCUT2D eigenvalue weighted by Crippen LogP contribution is -2.26. The maximum absolute atomic E-state index is 2.52. The van der Waals surface area contributed by atoms with E-state index in [-0.39, 0.29) is 0 Å². The number of anilines is 3. The summed E-state index contributed by atoms with van der Waals surface area (Å²) < 4.78 is 0. The zero-order chi connectivity index (χ0) is 39.4. The summed E-state index contributed by atoms with van der Waals surface area (Å²) in [4.78, 5) is 2.52. The highest BCUT2D eigenvalue weighted by atomic mass is 15.1. The van der Waals surface area contributed by atoms with Gasteiger partial charge in [-0.1, -0.05) is 180 Å². The first-order valence-electron chi connectivity index (χ1n) is 20.8. The number of fused-ring (bicyclic) bond motifs is 16. The molecule has 1 heteroatoms. The van der Waals surface area contributed by atoms with Crippen LogP contribution in [0.5, 0.6) is 0 Å². The van der Waals surface area contributed by atoms with Crippen LogP contribution < -0.4 is 4.90 Å². The van der Waals surface area contributed by atoms with E-state index in [4.69, 9.17) is 0 Å². The molecule has 0 aromatic heterocycles. The van der Waals surface area contributed by atoms with Crippen LogP contribution in [-0.2, 0) is 5.41 Å². The van der Waals surface area contributed by atoms with Crippen molar-refractivity contribution >= 4 is 49.4 Å². The smallest absolute Gasteiger partial charge is 0.0726 e. The van der Waals surface area contributed by atoms with Crippen LogP contribution in [-0.4, -0.2) is 0 Å². The molecular weight excluding hydrogens is 711 g/mol. The van der Waals surface area contributed by atoms with E-state index in [1.165, 1.54) is 110 Å². The van der Waals surface area contributed by atoms with Gasteiger partial charge in [0, 0.05) is 16.9 Å². The Morgan fingerprint density at radius 1 is 0.322 bits per heavy atom. The maximum Gasteiger partial charge on any atom is 0.0726 e. The zero-order valence-corrected chi connectivity index (χ0v) is 33.4. The van der Waals surface area contributed by atoms with E-state index in [0.29, 0.717) is 0 Å². The highest BCUT2D eigenvalue weighted by Gasteiger charge is 2.52. The van der Waals surface area contributed by atoms with Gasteiger partial charge in [0.25, 0.3) is 0 Å². The third kappa shape index (κ3) is 4.79. The van der Waals surface area contributed by atoms with Crippen LogP contribution in [0.1, 0.15) is 38.9 Å². The van der Waals surface area contributed by atoms with Crippen LogP contribution in [0, 0.1) is 20.8 Å². The van der Waals surface area contributed by atoms with Gasteiger partial charge in [-0.05, 0) is 133 Å². The average Bonchev–Trinajstić information content (AvgIpc) is 3.73. The quantitative estimate of drug-likeness (QED) is 0.162. The van der Waals surface area contributed by atoms with E-state index in [0.717, 1.165) is 11.4 Å². The van der Waals surface area contributed by atoms with Crippen LogP contribution >= 0.6 is 0 Å². The molecule has 10 aromatic rings. The molecule has 1 nitrogen and oxygen atoms in total. The van der Waals surface area contributed by atoms with Crippen LogP contribution in [0.15, 0.2) is 194 Å². The van der Waals surface area contributed by atoms with Gasteiger partial charge in [-0.3, -0.25) is 0 Å². The molecule has 59 heavy (non-hydrogen) atoms. The Labute approximate surface area is 345 Å². The molecule has 0 saturated carbocycles. The Bertz CT molecular complexity index is 3270. The summed E-state index contributed by atoms with van der Waals surface area (Å²) in [6.07, 6.45) is 0. The molecule has 0 unspecified atom stereocenters. The van der Waals surface area contributed by atoms with E-state index < -0.39 is 5.41 Å². The fourth-order valence-corrected chi connectivity index (χ4v) is 10.7. The molecule has 0 heterocycles. The number of rotatable bonds is 4. The van der Waals surface area contributed by atoms with E-state index in [1.807, 2.05) is 0 Å². The number of hydrogen-bond donors (Lipinski definition) is 0. The monoisotopic (exact) mass is 751 g/mol. The van der Waals surface area contributed by atoms with Crippen LogP contribution in [0.25, 0.3) is 65.7 Å². The second kappa shape index (κ2) is 12.6. The lowest BCUT2D eigenvalue weighted by Gasteiger charge is -2.32. The van der Waals surface area contributed by atoms with Gasteiger partial charge in [0.2, 0.25) is 0 Å². The molecule has 0 radical (unpaired) electrons. The lowest BCUT2D eigenvalue weighted by atomic mass is 9.70. The third-order valence-corrected chi connectivity index (χ3v) is 13.2. The largest absolute Gasteiger partial charge is 0.310 e. The topological polar surface area (TPSA) is 3.24 Å². The van der Waals surface area contributed by atoms with E-state index in [2.05, 4.69) is 220 Å². The summed E-state index contributed by atoms with van der Waals surface area (Å²) in [6.45, 7) is 6.71. The van der Waals surface area contributed by atoms with Gasteiger partial charge in [-0.2, -0.15) is 0 Å². The summed E-state index contributed by atoms with van der Waals surface area (Å²) in [6, 6.07) is 73.1. The van der Waals surface area contributed by atoms with Crippen molar-refractivity contribution in [3.05, 3.63) is 233 Å². The molecule has 0 bridgehead atoms. The van der Waals surface area contributed by atoms with E-state index in [9.17, 15) is 0 Å². The Morgan fingerprint density at radius 3 is 1.39 bits per heavy atom. The molecule has 10 aromatic carbocycles. The van der Waals surface area contributed by atoms with Crippen molar-refractivity contribution in [2.75, 3.05) is 4.90 Å². The fraction of sp³-hybridized carbons (Fsp3) is 0.0690. The Morgan fingerprint density at radius 2 is 0.797 bits per heavy atom. The van der Waals surface area contributed by atoms with Crippen LogP contribution in [0.4, 0.5) is 17.1 Å². The molecule has 278 valence electrons. The molecule has 0 fully saturated rings. The molecule has 0 saturated heterocycles. The number of benzene rings is 10. The third-order valence-electron chi connectivity index (χ3n) is 13.2. The number of hydrogen-bond acceptors (Lipinski definition) is 1. The second-order valence-electron chi connectivity index (χ2n) is 16.7. The zero-order valence-electron chi connectivity index (χ0n) is 33.4. The molecule has 2 aliphatic carbocycles. The summed E-state index contributed by atoms with van der Waals surface area (Å²) in [5.41, 5.74) is 20.0.